The van der Waals surface area contributed by atoms with Gasteiger partial charge in [-0.15, -0.1) is 11.3 Å². The number of rotatable bonds is 6. The van der Waals surface area contributed by atoms with Crippen LogP contribution in [0.1, 0.15) is 24.3 Å². The molecule has 0 bridgehead atoms. The molecule has 0 fully saturated rings. The molecule has 1 aromatic heterocycles. The summed E-state index contributed by atoms with van der Waals surface area (Å²) in [7, 11) is 1.33. The number of hydrogen-bond acceptors (Lipinski definition) is 4. The van der Waals surface area contributed by atoms with Crippen LogP contribution in [-0.2, 0) is 14.3 Å². The van der Waals surface area contributed by atoms with Crippen molar-refractivity contribution in [3.8, 4) is 0 Å². The monoisotopic (exact) mass is 279 g/mol. The maximum Gasteiger partial charge on any atom is 0.307 e. The first-order chi connectivity index (χ1) is 9.17. The first-order valence-electron chi connectivity index (χ1n) is 5.87. The average molecular weight is 279 g/mol. The molecule has 1 aromatic rings. The summed E-state index contributed by atoms with van der Waals surface area (Å²) in [5.41, 5.74) is 0. The van der Waals surface area contributed by atoms with Crippen LogP contribution >= 0.6 is 11.3 Å². The molecule has 4 nitrogen and oxygen atoms in total. The molecule has 5 heteroatoms. The van der Waals surface area contributed by atoms with Crippen LogP contribution in [0.3, 0.4) is 0 Å². The van der Waals surface area contributed by atoms with Crippen molar-refractivity contribution in [2.24, 2.45) is 0 Å². The fourth-order valence-corrected chi connectivity index (χ4v) is 2.21. The van der Waals surface area contributed by atoms with Gasteiger partial charge in [-0.2, -0.15) is 0 Å². The van der Waals surface area contributed by atoms with Crippen LogP contribution < -0.4 is 5.32 Å². The van der Waals surface area contributed by atoms with E-state index in [9.17, 15) is 9.59 Å². The van der Waals surface area contributed by atoms with Crippen molar-refractivity contribution in [1.29, 1.82) is 0 Å². The van der Waals surface area contributed by atoms with E-state index < -0.39 is 0 Å². The van der Waals surface area contributed by atoms with Crippen LogP contribution in [0.4, 0.5) is 0 Å². The van der Waals surface area contributed by atoms with Crippen LogP contribution in [-0.4, -0.2) is 19.0 Å². The van der Waals surface area contributed by atoms with Crippen LogP contribution in [0.25, 0.3) is 0 Å². The molecule has 1 atom stereocenters. The third-order valence-electron chi connectivity index (χ3n) is 2.35. The molecule has 102 valence electrons. The minimum absolute atomic E-state index is 0.125. The minimum Gasteiger partial charge on any atom is -0.469 e. The molecule has 1 N–H and O–H groups in total. The van der Waals surface area contributed by atoms with Crippen LogP contribution in [0.15, 0.2) is 41.8 Å². The number of amides is 1. The summed E-state index contributed by atoms with van der Waals surface area (Å²) in [6, 6.07) is 3.41. The second-order valence-electron chi connectivity index (χ2n) is 3.74. The lowest BCUT2D eigenvalue weighted by Crippen LogP contribution is -2.28. The summed E-state index contributed by atoms with van der Waals surface area (Å²) in [6.45, 7) is 1.87. The van der Waals surface area contributed by atoms with Gasteiger partial charge in [-0.25, -0.2) is 0 Å². The number of hydrogen-bond donors (Lipinski definition) is 1. The molecule has 0 aliphatic rings. The van der Waals surface area contributed by atoms with Gasteiger partial charge in [0.1, 0.15) is 0 Å². The summed E-state index contributed by atoms with van der Waals surface area (Å²) < 4.78 is 4.64. The zero-order valence-corrected chi connectivity index (χ0v) is 11.8. The predicted molar refractivity (Wildman–Crippen MR) is 75.8 cm³/mol. The SMILES string of the molecule is CC=CC=CC(=O)NC(CC(=O)OC)c1cccs1. The molecule has 19 heavy (non-hydrogen) atoms. The van der Waals surface area contributed by atoms with Gasteiger partial charge in [0.25, 0.3) is 0 Å². The van der Waals surface area contributed by atoms with Gasteiger partial charge in [0, 0.05) is 11.0 Å². The van der Waals surface area contributed by atoms with Gasteiger partial charge in [0.05, 0.1) is 19.6 Å². The van der Waals surface area contributed by atoms with E-state index in [2.05, 4.69) is 10.1 Å². The van der Waals surface area contributed by atoms with Crippen molar-refractivity contribution >= 4 is 23.2 Å². The Morgan fingerprint density at radius 1 is 1.47 bits per heavy atom. The third-order valence-corrected chi connectivity index (χ3v) is 3.34. The Hall–Kier alpha value is -1.88. The van der Waals surface area contributed by atoms with E-state index in [0.29, 0.717) is 0 Å². The number of thiophene rings is 1. The highest BCUT2D eigenvalue weighted by atomic mass is 32.1. The Labute approximate surface area is 116 Å². The van der Waals surface area contributed by atoms with E-state index >= 15 is 0 Å². The zero-order valence-electron chi connectivity index (χ0n) is 11.0. The molecule has 0 saturated carbocycles. The van der Waals surface area contributed by atoms with Crippen molar-refractivity contribution in [2.45, 2.75) is 19.4 Å². The number of nitrogens with one attached hydrogen (secondary N) is 1. The molecule has 0 saturated heterocycles. The number of carbonyl (C=O) groups is 2. The standard InChI is InChI=1S/C14H17NO3S/c1-3-4-5-8-13(16)15-11(10-14(17)18-2)12-7-6-9-19-12/h3-9,11H,10H2,1-2H3,(H,15,16). The highest BCUT2D eigenvalue weighted by Crippen LogP contribution is 2.22. The molecule has 0 aromatic carbocycles. The average Bonchev–Trinajstić information content (AvgIpc) is 2.92. The second-order valence-corrected chi connectivity index (χ2v) is 4.72. The van der Waals surface area contributed by atoms with Crippen molar-refractivity contribution in [3.63, 3.8) is 0 Å². The Kier molecular flexibility index (Phi) is 6.60. The van der Waals surface area contributed by atoms with E-state index in [-0.39, 0.29) is 24.3 Å². The fourth-order valence-electron chi connectivity index (χ4n) is 1.44. The molecule has 0 aliphatic carbocycles. The van der Waals surface area contributed by atoms with Gasteiger partial charge in [-0.05, 0) is 18.4 Å². The molecule has 0 radical (unpaired) electrons. The van der Waals surface area contributed by atoms with Gasteiger partial charge in [0.2, 0.25) is 5.91 Å². The minimum atomic E-state index is -0.352. The van der Waals surface area contributed by atoms with Gasteiger partial charge < -0.3 is 10.1 Å². The second kappa shape index (κ2) is 8.26. The molecule has 1 rings (SSSR count). The Morgan fingerprint density at radius 2 is 2.26 bits per heavy atom. The van der Waals surface area contributed by atoms with Crippen LogP contribution in [0, 0.1) is 0 Å². The number of carbonyl (C=O) groups excluding carboxylic acids is 2. The lowest BCUT2D eigenvalue weighted by molar-refractivity contribution is -0.141. The normalized spacial score (nSPS) is 12.7. The smallest absolute Gasteiger partial charge is 0.307 e. The quantitative estimate of drug-likeness (QED) is 0.495. The molecular weight excluding hydrogens is 262 g/mol. The summed E-state index contributed by atoms with van der Waals surface area (Å²) in [5.74, 6) is -0.587. The first-order valence-corrected chi connectivity index (χ1v) is 6.75. The summed E-state index contributed by atoms with van der Waals surface area (Å²) in [4.78, 5) is 24.0. The maximum atomic E-state index is 11.7. The number of allylic oxidation sites excluding steroid dienone is 3. The van der Waals surface area contributed by atoms with Gasteiger partial charge in [-0.1, -0.05) is 24.3 Å². The van der Waals surface area contributed by atoms with Crippen molar-refractivity contribution in [1.82, 2.24) is 5.32 Å². The van der Waals surface area contributed by atoms with E-state index in [1.165, 1.54) is 24.5 Å². The molecule has 1 heterocycles. The van der Waals surface area contributed by atoms with Crippen LogP contribution in [0.5, 0.6) is 0 Å². The molecule has 0 spiro atoms. The van der Waals surface area contributed by atoms with Crippen LogP contribution in [0.2, 0.25) is 0 Å². The Morgan fingerprint density at radius 3 is 2.84 bits per heavy atom. The van der Waals surface area contributed by atoms with Gasteiger partial charge >= 0.3 is 5.97 Å². The number of methoxy groups -OCH3 is 1. The first kappa shape index (κ1) is 15.2. The summed E-state index contributed by atoms with van der Waals surface area (Å²) in [6.07, 6.45) is 6.80. The fraction of sp³-hybridized carbons (Fsp3) is 0.286. The zero-order chi connectivity index (χ0) is 14.1. The van der Waals surface area contributed by atoms with E-state index in [0.717, 1.165) is 4.88 Å². The molecular formula is C14H17NO3S. The highest BCUT2D eigenvalue weighted by molar-refractivity contribution is 7.10. The predicted octanol–water partition coefficient (Wildman–Crippen LogP) is 2.60. The van der Waals surface area contributed by atoms with E-state index in [1.807, 2.05) is 30.5 Å². The maximum absolute atomic E-state index is 11.7. The van der Waals surface area contributed by atoms with Crippen molar-refractivity contribution < 1.29 is 14.3 Å². The van der Waals surface area contributed by atoms with Crippen molar-refractivity contribution in [3.05, 3.63) is 46.7 Å². The molecule has 0 aliphatic heterocycles. The summed E-state index contributed by atoms with van der Waals surface area (Å²) >= 11 is 1.49. The van der Waals surface area contributed by atoms with E-state index in [4.69, 9.17) is 0 Å². The number of esters is 1. The molecule has 1 unspecified atom stereocenters. The lowest BCUT2D eigenvalue weighted by atomic mass is 10.1. The summed E-state index contributed by atoms with van der Waals surface area (Å²) in [5, 5.41) is 4.70. The third kappa shape index (κ3) is 5.52. The Balaban J connectivity index is 2.69. The number of ether oxygens (including phenoxy) is 1. The van der Waals surface area contributed by atoms with E-state index in [1.54, 1.807) is 12.2 Å². The van der Waals surface area contributed by atoms with Gasteiger partial charge in [0.15, 0.2) is 0 Å². The largest absolute Gasteiger partial charge is 0.469 e. The topological polar surface area (TPSA) is 55.4 Å². The Bertz CT molecular complexity index is 463. The molecule has 1 amide bonds. The van der Waals surface area contributed by atoms with Gasteiger partial charge in [-0.3, -0.25) is 9.59 Å². The highest BCUT2D eigenvalue weighted by Gasteiger charge is 2.18. The van der Waals surface area contributed by atoms with Crippen molar-refractivity contribution in [2.75, 3.05) is 7.11 Å². The lowest BCUT2D eigenvalue weighted by Gasteiger charge is -2.15.